The summed E-state index contributed by atoms with van der Waals surface area (Å²) in [6.07, 6.45) is 0. The van der Waals surface area contributed by atoms with Gasteiger partial charge >= 0.3 is 0 Å². The summed E-state index contributed by atoms with van der Waals surface area (Å²) in [5.41, 5.74) is 1.86. The number of hydrogen-bond acceptors (Lipinski definition) is 7. The number of carbonyl (C=O) groups excluding carboxylic acids is 1. The molecule has 1 N–H and O–H groups in total. The summed E-state index contributed by atoms with van der Waals surface area (Å²) >= 11 is 4.25. The summed E-state index contributed by atoms with van der Waals surface area (Å²) < 4.78 is 1.72. The lowest BCUT2D eigenvalue weighted by Crippen LogP contribution is -2.47. The molecule has 9 heteroatoms. The van der Waals surface area contributed by atoms with E-state index in [-0.39, 0.29) is 5.91 Å². The molecule has 1 amide bonds. The van der Waals surface area contributed by atoms with E-state index in [0.29, 0.717) is 23.3 Å². The average molecular weight is 361 g/mol. The third-order valence-corrected chi connectivity index (χ3v) is 4.36. The number of piperazine rings is 1. The zero-order valence-electron chi connectivity index (χ0n) is 14.7. The molecule has 1 aliphatic heterocycles. The standard InChI is InChI=1S/C16H23N7OS/c1-11-8-12(2)23(20-11)14-9-13(18-16(25)19-14)17-15(24)10-22-6-4-21(3)5-7-22/h8-9H,4-7,10H2,1-3H3,(H2,17,18,19,24,25). The maximum Gasteiger partial charge on any atom is 0.239 e. The van der Waals surface area contributed by atoms with E-state index in [1.165, 1.54) is 0 Å². The summed E-state index contributed by atoms with van der Waals surface area (Å²) in [7, 11) is 2.09. The molecule has 3 rings (SSSR count). The fourth-order valence-corrected chi connectivity index (χ4v) is 3.06. The number of amides is 1. The molecule has 1 saturated heterocycles. The van der Waals surface area contributed by atoms with Crippen molar-refractivity contribution in [2.24, 2.45) is 0 Å². The van der Waals surface area contributed by atoms with Gasteiger partial charge in [0.05, 0.1) is 12.2 Å². The largest absolute Gasteiger partial charge is 0.309 e. The van der Waals surface area contributed by atoms with Crippen molar-refractivity contribution in [1.82, 2.24) is 29.5 Å². The van der Waals surface area contributed by atoms with Gasteiger partial charge in [-0.15, -0.1) is 12.6 Å². The highest BCUT2D eigenvalue weighted by atomic mass is 32.1. The highest BCUT2D eigenvalue weighted by Gasteiger charge is 2.17. The molecule has 0 unspecified atom stereocenters. The molecule has 0 bridgehead atoms. The van der Waals surface area contributed by atoms with Crippen molar-refractivity contribution in [3.8, 4) is 5.82 Å². The van der Waals surface area contributed by atoms with Crippen LogP contribution in [0, 0.1) is 13.8 Å². The molecule has 134 valence electrons. The molecule has 0 aromatic carbocycles. The van der Waals surface area contributed by atoms with Gasteiger partial charge in [0, 0.05) is 37.9 Å². The molecule has 2 aromatic heterocycles. The molecule has 0 radical (unpaired) electrons. The minimum Gasteiger partial charge on any atom is -0.309 e. The molecule has 8 nitrogen and oxygen atoms in total. The van der Waals surface area contributed by atoms with Crippen LogP contribution in [0.5, 0.6) is 0 Å². The van der Waals surface area contributed by atoms with E-state index >= 15 is 0 Å². The number of thiol groups is 1. The molecule has 25 heavy (non-hydrogen) atoms. The smallest absolute Gasteiger partial charge is 0.239 e. The zero-order valence-corrected chi connectivity index (χ0v) is 15.6. The van der Waals surface area contributed by atoms with Gasteiger partial charge in [0.1, 0.15) is 5.82 Å². The Hall–Kier alpha value is -1.97. The van der Waals surface area contributed by atoms with E-state index < -0.39 is 0 Å². The molecule has 0 saturated carbocycles. The van der Waals surface area contributed by atoms with Gasteiger partial charge in [-0.05, 0) is 27.0 Å². The summed E-state index contributed by atoms with van der Waals surface area (Å²) in [4.78, 5) is 25.2. The Morgan fingerprint density at radius 2 is 1.92 bits per heavy atom. The highest BCUT2D eigenvalue weighted by Crippen LogP contribution is 2.15. The van der Waals surface area contributed by atoms with E-state index in [1.54, 1.807) is 10.7 Å². The first kappa shape index (κ1) is 17.8. The van der Waals surface area contributed by atoms with E-state index in [2.05, 4.69) is 49.9 Å². The molecule has 2 aromatic rings. The minimum absolute atomic E-state index is 0.0877. The SMILES string of the molecule is Cc1cc(C)n(-c2cc(NC(=O)CN3CCN(C)CC3)nc(S)n2)n1. The van der Waals surface area contributed by atoms with Crippen LogP contribution in [0.15, 0.2) is 17.3 Å². The van der Waals surface area contributed by atoms with Crippen LogP contribution in [0.4, 0.5) is 5.82 Å². The number of aromatic nitrogens is 4. The number of nitrogens with zero attached hydrogens (tertiary/aromatic N) is 6. The van der Waals surface area contributed by atoms with Crippen LogP contribution in [-0.4, -0.2) is 75.2 Å². The number of carbonyl (C=O) groups is 1. The summed E-state index contributed by atoms with van der Waals surface area (Å²) in [6.45, 7) is 7.96. The lowest BCUT2D eigenvalue weighted by atomic mass is 10.3. The molecule has 0 atom stereocenters. The van der Waals surface area contributed by atoms with Gasteiger partial charge in [-0.2, -0.15) is 5.10 Å². The quantitative estimate of drug-likeness (QED) is 0.618. The van der Waals surface area contributed by atoms with Crippen LogP contribution in [-0.2, 0) is 4.79 Å². The zero-order chi connectivity index (χ0) is 18.0. The second-order valence-corrected chi connectivity index (χ2v) is 6.78. The molecular weight excluding hydrogens is 338 g/mol. The van der Waals surface area contributed by atoms with Gasteiger partial charge < -0.3 is 10.2 Å². The van der Waals surface area contributed by atoms with Crippen molar-refractivity contribution in [1.29, 1.82) is 0 Å². The molecular formula is C16H23N7OS. The second-order valence-electron chi connectivity index (χ2n) is 6.38. The Labute approximate surface area is 152 Å². The van der Waals surface area contributed by atoms with Crippen molar-refractivity contribution in [2.75, 3.05) is 45.1 Å². The molecule has 0 aliphatic carbocycles. The fraction of sp³-hybridized carbons (Fsp3) is 0.500. The Balaban J connectivity index is 1.70. The van der Waals surface area contributed by atoms with E-state index in [0.717, 1.165) is 37.6 Å². The third-order valence-electron chi connectivity index (χ3n) is 4.16. The summed E-state index contributed by atoms with van der Waals surface area (Å²) in [6, 6.07) is 3.67. The monoisotopic (exact) mass is 361 g/mol. The van der Waals surface area contributed by atoms with E-state index in [1.807, 2.05) is 19.9 Å². The van der Waals surface area contributed by atoms with Crippen molar-refractivity contribution in [2.45, 2.75) is 19.0 Å². The first-order valence-corrected chi connectivity index (χ1v) is 8.68. The Kier molecular flexibility index (Phi) is 5.36. The lowest BCUT2D eigenvalue weighted by molar-refractivity contribution is -0.117. The topological polar surface area (TPSA) is 79.2 Å². The van der Waals surface area contributed by atoms with Gasteiger partial charge in [0.25, 0.3) is 0 Å². The third kappa shape index (κ3) is 4.56. The second kappa shape index (κ2) is 7.51. The van der Waals surface area contributed by atoms with Crippen molar-refractivity contribution < 1.29 is 4.79 Å². The van der Waals surface area contributed by atoms with Crippen molar-refractivity contribution in [3.63, 3.8) is 0 Å². The Morgan fingerprint density at radius 1 is 1.20 bits per heavy atom. The van der Waals surface area contributed by atoms with E-state index in [9.17, 15) is 4.79 Å². The Morgan fingerprint density at radius 3 is 2.56 bits per heavy atom. The predicted octanol–water partition coefficient (Wildman–Crippen LogP) is 0.754. The normalized spacial score (nSPS) is 16.2. The van der Waals surface area contributed by atoms with Crippen LogP contribution in [0.3, 0.4) is 0 Å². The van der Waals surface area contributed by atoms with Crippen LogP contribution in [0.2, 0.25) is 0 Å². The van der Waals surface area contributed by atoms with Crippen molar-refractivity contribution >= 4 is 24.4 Å². The van der Waals surface area contributed by atoms with Crippen molar-refractivity contribution in [3.05, 3.63) is 23.5 Å². The Bertz CT molecular complexity index is 768. The van der Waals surface area contributed by atoms with Gasteiger partial charge in [-0.1, -0.05) is 0 Å². The number of nitrogens with one attached hydrogen (secondary N) is 1. The molecule has 0 spiro atoms. The minimum atomic E-state index is -0.0877. The predicted molar refractivity (Wildman–Crippen MR) is 98.4 cm³/mol. The first-order valence-electron chi connectivity index (χ1n) is 8.23. The number of likely N-dealkylation sites (N-methyl/N-ethyl adjacent to an activating group) is 1. The molecule has 3 heterocycles. The molecule has 1 fully saturated rings. The van der Waals surface area contributed by atoms with Crippen LogP contribution < -0.4 is 5.32 Å². The summed E-state index contributed by atoms with van der Waals surface area (Å²) in [5, 5.41) is 7.54. The summed E-state index contributed by atoms with van der Waals surface area (Å²) in [5.74, 6) is 0.928. The van der Waals surface area contributed by atoms with Crippen LogP contribution in [0.25, 0.3) is 5.82 Å². The van der Waals surface area contributed by atoms with Gasteiger partial charge in [0.2, 0.25) is 5.91 Å². The maximum atomic E-state index is 12.3. The number of aryl methyl sites for hydroxylation is 2. The average Bonchev–Trinajstić information content (AvgIpc) is 2.87. The fourth-order valence-electron chi connectivity index (χ4n) is 2.85. The van der Waals surface area contributed by atoms with Crippen LogP contribution >= 0.6 is 12.6 Å². The highest BCUT2D eigenvalue weighted by molar-refractivity contribution is 7.80. The lowest BCUT2D eigenvalue weighted by Gasteiger charge is -2.31. The van der Waals surface area contributed by atoms with Crippen LogP contribution in [0.1, 0.15) is 11.4 Å². The van der Waals surface area contributed by atoms with Gasteiger partial charge in [-0.3, -0.25) is 9.69 Å². The van der Waals surface area contributed by atoms with Gasteiger partial charge in [-0.25, -0.2) is 14.6 Å². The number of rotatable bonds is 4. The van der Waals surface area contributed by atoms with E-state index in [4.69, 9.17) is 0 Å². The maximum absolute atomic E-state index is 12.3. The molecule has 1 aliphatic rings. The van der Waals surface area contributed by atoms with Gasteiger partial charge in [0.15, 0.2) is 11.0 Å². The first-order chi connectivity index (χ1) is 11.9. The number of anilines is 1. The number of hydrogen-bond donors (Lipinski definition) is 2.